The number of fused-ring (bicyclic) bond motifs is 1. The molecule has 6 heteroatoms. The van der Waals surface area contributed by atoms with E-state index in [0.29, 0.717) is 22.0 Å². The van der Waals surface area contributed by atoms with Crippen molar-refractivity contribution in [1.82, 2.24) is 4.90 Å². The first kappa shape index (κ1) is 16.9. The predicted molar refractivity (Wildman–Crippen MR) is 99.6 cm³/mol. The van der Waals surface area contributed by atoms with Gasteiger partial charge in [-0.3, -0.25) is 9.59 Å². The number of carbonyl (C=O) groups excluding carboxylic acids is 2. The molecule has 1 aliphatic heterocycles. The molecule has 0 unspecified atom stereocenters. The van der Waals surface area contributed by atoms with Crippen molar-refractivity contribution in [1.29, 1.82) is 0 Å². The molecular weight excluding hydrogens is 352 g/mol. The van der Waals surface area contributed by atoms with Crippen molar-refractivity contribution >= 4 is 29.1 Å². The second-order valence-corrected chi connectivity index (χ2v) is 7.10. The number of ether oxygens (including phenoxy) is 1. The molecule has 1 fully saturated rings. The molecule has 2 aromatic carbocycles. The Hall–Kier alpha value is -2.53. The van der Waals surface area contributed by atoms with Crippen molar-refractivity contribution in [2.24, 2.45) is 0 Å². The summed E-state index contributed by atoms with van der Waals surface area (Å²) in [4.78, 5) is 26.6. The Morgan fingerprint density at radius 1 is 1.27 bits per heavy atom. The minimum atomic E-state index is -0.191. The molecule has 2 amide bonds. The summed E-state index contributed by atoms with van der Waals surface area (Å²) >= 11 is 6.35. The summed E-state index contributed by atoms with van der Waals surface area (Å²) in [6, 6.07) is 12.9. The maximum atomic E-state index is 13.2. The van der Waals surface area contributed by atoms with Gasteiger partial charge in [0.2, 0.25) is 0 Å². The Bertz CT molecular complexity index is 879. The molecule has 0 radical (unpaired) electrons. The number of hydrogen-bond donors (Lipinski definition) is 1. The van der Waals surface area contributed by atoms with Gasteiger partial charge in [0.1, 0.15) is 5.75 Å². The first-order valence-corrected chi connectivity index (χ1v) is 9.06. The molecule has 1 heterocycles. The zero-order valence-electron chi connectivity index (χ0n) is 14.4. The summed E-state index contributed by atoms with van der Waals surface area (Å²) in [5, 5.41) is 3.40. The lowest BCUT2D eigenvalue weighted by molar-refractivity contribution is -0.118. The fraction of sp³-hybridized carbons (Fsp3) is 0.300. The molecule has 0 spiro atoms. The Kier molecular flexibility index (Phi) is 4.32. The third kappa shape index (κ3) is 3.15. The maximum Gasteiger partial charge on any atom is 0.262 e. The molecule has 4 rings (SSSR count). The molecule has 134 valence electrons. The average molecular weight is 371 g/mol. The van der Waals surface area contributed by atoms with Crippen LogP contribution < -0.4 is 10.1 Å². The average Bonchev–Trinajstić information content (AvgIpc) is 3.46. The Labute approximate surface area is 156 Å². The highest BCUT2D eigenvalue weighted by Gasteiger charge is 2.37. The van der Waals surface area contributed by atoms with Gasteiger partial charge in [0.05, 0.1) is 11.7 Å². The van der Waals surface area contributed by atoms with E-state index in [1.807, 2.05) is 36.1 Å². The van der Waals surface area contributed by atoms with Gasteiger partial charge in [-0.25, -0.2) is 0 Å². The van der Waals surface area contributed by atoms with Crippen LogP contribution in [-0.2, 0) is 4.79 Å². The summed E-state index contributed by atoms with van der Waals surface area (Å²) in [7, 11) is 0. The van der Waals surface area contributed by atoms with E-state index >= 15 is 0 Å². The highest BCUT2D eigenvalue weighted by atomic mass is 35.5. The highest BCUT2D eigenvalue weighted by molar-refractivity contribution is 6.31. The number of carbonyl (C=O) groups is 2. The molecule has 2 aromatic rings. The second-order valence-electron chi connectivity index (χ2n) is 6.69. The van der Waals surface area contributed by atoms with Crippen LogP contribution in [0.2, 0.25) is 5.02 Å². The molecule has 1 N–H and O–H groups in total. The van der Waals surface area contributed by atoms with Crippen LogP contribution in [0, 0.1) is 0 Å². The van der Waals surface area contributed by atoms with E-state index < -0.39 is 0 Å². The first-order valence-electron chi connectivity index (χ1n) is 8.68. The molecule has 0 bridgehead atoms. The molecular formula is C20H19ClN2O3. The van der Waals surface area contributed by atoms with E-state index in [-0.39, 0.29) is 30.5 Å². The van der Waals surface area contributed by atoms with Crippen molar-refractivity contribution in [2.45, 2.75) is 31.8 Å². The van der Waals surface area contributed by atoms with Crippen LogP contribution in [0.1, 0.15) is 41.7 Å². The maximum absolute atomic E-state index is 13.2. The lowest BCUT2D eigenvalue weighted by atomic mass is 10.0. The number of nitrogens with one attached hydrogen (secondary N) is 1. The minimum Gasteiger partial charge on any atom is -0.482 e. The highest BCUT2D eigenvalue weighted by Crippen LogP contribution is 2.38. The number of benzene rings is 2. The van der Waals surface area contributed by atoms with Crippen molar-refractivity contribution in [3.05, 3.63) is 58.6 Å². The van der Waals surface area contributed by atoms with Crippen LogP contribution in [0.3, 0.4) is 0 Å². The van der Waals surface area contributed by atoms with Gasteiger partial charge in [0, 0.05) is 16.6 Å². The third-order valence-corrected chi connectivity index (χ3v) is 5.15. The molecule has 0 aromatic heterocycles. The third-order valence-electron chi connectivity index (χ3n) is 4.81. The number of nitrogens with zero attached hydrogens (tertiary/aromatic N) is 1. The number of halogens is 1. The van der Waals surface area contributed by atoms with Crippen LogP contribution in [-0.4, -0.2) is 29.4 Å². The summed E-state index contributed by atoms with van der Waals surface area (Å²) in [5.41, 5.74) is 2.08. The number of hydrogen-bond acceptors (Lipinski definition) is 3. The second kappa shape index (κ2) is 6.65. The predicted octanol–water partition coefficient (Wildman–Crippen LogP) is 4.04. The van der Waals surface area contributed by atoms with Crippen LogP contribution in [0.5, 0.6) is 5.75 Å². The number of amides is 2. The van der Waals surface area contributed by atoms with E-state index in [4.69, 9.17) is 16.3 Å². The lowest BCUT2D eigenvalue weighted by Gasteiger charge is -2.31. The van der Waals surface area contributed by atoms with E-state index in [1.54, 1.807) is 18.2 Å². The Morgan fingerprint density at radius 2 is 2.04 bits per heavy atom. The van der Waals surface area contributed by atoms with Crippen molar-refractivity contribution in [2.75, 3.05) is 11.9 Å². The topological polar surface area (TPSA) is 58.6 Å². The quantitative estimate of drug-likeness (QED) is 0.883. The standard InChI is InChI=1S/C20H19ClN2O3/c1-12(15-4-2-3-5-16(15)21)23(14-7-8-14)20(25)13-6-9-17-18(10-13)26-11-19(24)22-17/h2-6,9-10,12,14H,7-8,11H2,1H3,(H,22,24)/t12-/m0/s1. The minimum absolute atomic E-state index is 0.0347. The van der Waals surface area contributed by atoms with Crippen LogP contribution in [0.4, 0.5) is 5.69 Å². The van der Waals surface area contributed by atoms with E-state index in [0.717, 1.165) is 18.4 Å². The van der Waals surface area contributed by atoms with Crippen molar-refractivity contribution < 1.29 is 14.3 Å². The summed E-state index contributed by atoms with van der Waals surface area (Å²) in [6.45, 7) is 1.97. The van der Waals surface area contributed by atoms with E-state index in [2.05, 4.69) is 5.32 Å². The van der Waals surface area contributed by atoms with Gasteiger partial charge >= 0.3 is 0 Å². The molecule has 2 aliphatic rings. The largest absolute Gasteiger partial charge is 0.482 e. The van der Waals surface area contributed by atoms with Gasteiger partial charge in [-0.2, -0.15) is 0 Å². The first-order chi connectivity index (χ1) is 12.5. The van der Waals surface area contributed by atoms with Gasteiger partial charge in [-0.05, 0) is 49.6 Å². The van der Waals surface area contributed by atoms with Gasteiger partial charge in [-0.1, -0.05) is 29.8 Å². The number of rotatable bonds is 4. The molecule has 1 saturated carbocycles. The summed E-state index contributed by atoms with van der Waals surface area (Å²) < 4.78 is 5.44. The molecule has 0 saturated heterocycles. The SMILES string of the molecule is C[C@@H](c1ccccc1Cl)N(C(=O)c1ccc2c(c1)OCC(=O)N2)C1CC1. The molecule has 26 heavy (non-hydrogen) atoms. The molecule has 5 nitrogen and oxygen atoms in total. The van der Waals surface area contributed by atoms with Gasteiger partial charge in [0.25, 0.3) is 11.8 Å². The van der Waals surface area contributed by atoms with Crippen molar-refractivity contribution in [3.63, 3.8) is 0 Å². The van der Waals surface area contributed by atoms with Gasteiger partial charge in [0.15, 0.2) is 6.61 Å². The van der Waals surface area contributed by atoms with Crippen LogP contribution >= 0.6 is 11.6 Å². The smallest absolute Gasteiger partial charge is 0.262 e. The summed E-state index contributed by atoms with van der Waals surface area (Å²) in [6.07, 6.45) is 2.00. The fourth-order valence-electron chi connectivity index (χ4n) is 3.33. The fourth-order valence-corrected chi connectivity index (χ4v) is 3.62. The Balaban J connectivity index is 1.64. The summed E-state index contributed by atoms with van der Waals surface area (Å²) in [5.74, 6) is 0.281. The monoisotopic (exact) mass is 370 g/mol. The zero-order valence-corrected chi connectivity index (χ0v) is 15.1. The Morgan fingerprint density at radius 3 is 2.77 bits per heavy atom. The van der Waals surface area contributed by atoms with Crippen LogP contribution in [0.15, 0.2) is 42.5 Å². The molecule has 1 atom stereocenters. The van der Waals surface area contributed by atoms with Gasteiger partial charge in [-0.15, -0.1) is 0 Å². The van der Waals surface area contributed by atoms with Crippen LogP contribution in [0.25, 0.3) is 0 Å². The normalized spacial score (nSPS) is 16.9. The van der Waals surface area contributed by atoms with E-state index in [9.17, 15) is 9.59 Å². The van der Waals surface area contributed by atoms with Crippen molar-refractivity contribution in [3.8, 4) is 5.75 Å². The zero-order chi connectivity index (χ0) is 18.3. The molecule has 1 aliphatic carbocycles. The number of anilines is 1. The van der Waals surface area contributed by atoms with Gasteiger partial charge < -0.3 is 15.0 Å². The van der Waals surface area contributed by atoms with E-state index in [1.165, 1.54) is 0 Å². The lowest BCUT2D eigenvalue weighted by Crippen LogP contribution is -2.36.